The summed E-state index contributed by atoms with van der Waals surface area (Å²) in [6.45, 7) is 0.931. The Morgan fingerprint density at radius 3 is 2.04 bits per heavy atom. The standard InChI is InChI=1S/C13H24O10/c1-4-6(15)8(17)9(18)13(21-4)23-11-7(16)5(3-14)22-12(20-2)10(11)19/h4-19H,3H2,1-2H3/t4-,5-,6+,7-,8+,9-,10-,11+,12+,13-/m1/s1. The van der Waals surface area contributed by atoms with E-state index in [0.717, 1.165) is 0 Å². The van der Waals surface area contributed by atoms with E-state index in [1.807, 2.05) is 0 Å². The highest BCUT2D eigenvalue weighted by atomic mass is 16.7. The molecule has 0 radical (unpaired) electrons. The number of hydrogen-bond donors (Lipinski definition) is 6. The molecule has 136 valence electrons. The Morgan fingerprint density at radius 2 is 1.48 bits per heavy atom. The molecule has 2 heterocycles. The van der Waals surface area contributed by atoms with E-state index in [2.05, 4.69) is 0 Å². The van der Waals surface area contributed by atoms with Crippen LogP contribution in [-0.4, -0.2) is 106 Å². The van der Waals surface area contributed by atoms with E-state index < -0.39 is 68.0 Å². The molecule has 10 nitrogen and oxygen atoms in total. The van der Waals surface area contributed by atoms with Gasteiger partial charge in [-0.25, -0.2) is 0 Å². The van der Waals surface area contributed by atoms with Crippen LogP contribution in [0, 0.1) is 0 Å². The topological polar surface area (TPSA) is 158 Å². The minimum Gasteiger partial charge on any atom is -0.394 e. The van der Waals surface area contributed by atoms with E-state index in [0.29, 0.717) is 0 Å². The molecule has 2 aliphatic heterocycles. The normalized spacial score (nSPS) is 51.7. The van der Waals surface area contributed by atoms with Gasteiger partial charge in [0.25, 0.3) is 0 Å². The van der Waals surface area contributed by atoms with Gasteiger partial charge in [-0.15, -0.1) is 0 Å². The number of ether oxygens (including phenoxy) is 4. The van der Waals surface area contributed by atoms with Gasteiger partial charge in [-0.1, -0.05) is 0 Å². The van der Waals surface area contributed by atoms with Crippen molar-refractivity contribution >= 4 is 0 Å². The summed E-state index contributed by atoms with van der Waals surface area (Å²) in [5.74, 6) is 0. The summed E-state index contributed by atoms with van der Waals surface area (Å²) < 4.78 is 20.8. The van der Waals surface area contributed by atoms with Gasteiger partial charge in [0.2, 0.25) is 0 Å². The SMILES string of the molecule is CO[C@H]1O[C@H](CO)[C@@H](O)[C@H](O[C@H]2O[C@H](C)[C@H](O)[C@H](O)[C@H]2O)[C@H]1O. The molecule has 6 N–H and O–H groups in total. The molecule has 2 rings (SSSR count). The number of rotatable bonds is 4. The van der Waals surface area contributed by atoms with Crippen LogP contribution in [0.2, 0.25) is 0 Å². The molecule has 2 saturated heterocycles. The molecule has 0 spiro atoms. The Labute approximate surface area is 132 Å². The van der Waals surface area contributed by atoms with Gasteiger partial charge >= 0.3 is 0 Å². The van der Waals surface area contributed by atoms with Gasteiger partial charge in [-0.05, 0) is 6.92 Å². The van der Waals surface area contributed by atoms with Crippen LogP contribution >= 0.6 is 0 Å². The van der Waals surface area contributed by atoms with Crippen LogP contribution in [0.1, 0.15) is 6.92 Å². The first-order valence-corrected chi connectivity index (χ1v) is 7.32. The van der Waals surface area contributed by atoms with Gasteiger partial charge < -0.3 is 49.6 Å². The summed E-state index contributed by atoms with van der Waals surface area (Å²) in [6, 6.07) is 0. The zero-order chi connectivity index (χ0) is 17.3. The highest BCUT2D eigenvalue weighted by Crippen LogP contribution is 2.29. The fourth-order valence-corrected chi connectivity index (χ4v) is 2.69. The molecule has 0 aromatic rings. The molecule has 0 unspecified atom stereocenters. The average Bonchev–Trinajstić information content (AvgIpc) is 2.54. The van der Waals surface area contributed by atoms with Gasteiger partial charge in [0.15, 0.2) is 12.6 Å². The largest absolute Gasteiger partial charge is 0.394 e. The minimum atomic E-state index is -1.59. The van der Waals surface area contributed by atoms with Gasteiger partial charge in [-0.2, -0.15) is 0 Å². The van der Waals surface area contributed by atoms with E-state index in [1.165, 1.54) is 14.0 Å². The van der Waals surface area contributed by atoms with Crippen molar-refractivity contribution < 1.29 is 49.6 Å². The first-order valence-electron chi connectivity index (χ1n) is 7.32. The van der Waals surface area contributed by atoms with Crippen LogP contribution in [0.4, 0.5) is 0 Å². The third-order valence-corrected chi connectivity index (χ3v) is 4.15. The third kappa shape index (κ3) is 3.66. The maximum Gasteiger partial charge on any atom is 0.187 e. The first-order chi connectivity index (χ1) is 10.8. The van der Waals surface area contributed by atoms with Crippen LogP contribution in [0.3, 0.4) is 0 Å². The molecular formula is C13H24O10. The lowest BCUT2D eigenvalue weighted by molar-refractivity contribution is -0.355. The number of hydrogen-bond acceptors (Lipinski definition) is 10. The summed E-state index contributed by atoms with van der Waals surface area (Å²) >= 11 is 0. The lowest BCUT2D eigenvalue weighted by Gasteiger charge is -2.45. The van der Waals surface area contributed by atoms with E-state index >= 15 is 0 Å². The van der Waals surface area contributed by atoms with Crippen molar-refractivity contribution in [3.63, 3.8) is 0 Å². The molecule has 0 aromatic carbocycles. The monoisotopic (exact) mass is 340 g/mol. The first kappa shape index (κ1) is 18.9. The van der Waals surface area contributed by atoms with E-state index in [4.69, 9.17) is 18.9 Å². The van der Waals surface area contributed by atoms with Crippen molar-refractivity contribution in [2.24, 2.45) is 0 Å². The second-order valence-electron chi connectivity index (χ2n) is 5.72. The molecule has 0 amide bonds. The van der Waals surface area contributed by atoms with Crippen molar-refractivity contribution in [1.29, 1.82) is 0 Å². The Bertz CT molecular complexity index is 366. The highest BCUT2D eigenvalue weighted by molar-refractivity contribution is 4.93. The van der Waals surface area contributed by atoms with Crippen molar-refractivity contribution in [2.45, 2.75) is 68.3 Å². The van der Waals surface area contributed by atoms with E-state index in [9.17, 15) is 30.6 Å². The Kier molecular flexibility index (Phi) is 6.30. The molecule has 2 fully saturated rings. The van der Waals surface area contributed by atoms with Crippen molar-refractivity contribution in [3.8, 4) is 0 Å². The third-order valence-electron chi connectivity index (χ3n) is 4.15. The summed E-state index contributed by atoms with van der Waals surface area (Å²) in [5, 5.41) is 58.9. The Balaban J connectivity index is 2.12. The maximum absolute atomic E-state index is 10.1. The molecule has 10 atom stereocenters. The average molecular weight is 340 g/mol. The number of aliphatic hydroxyl groups is 6. The summed E-state index contributed by atoms with van der Waals surface area (Å²) in [6.07, 6.45) is -13.0. The zero-order valence-electron chi connectivity index (χ0n) is 12.8. The molecule has 0 bridgehead atoms. The molecular weight excluding hydrogens is 316 g/mol. The number of aliphatic hydroxyl groups excluding tert-OH is 6. The van der Waals surface area contributed by atoms with Gasteiger partial charge in [-0.3, -0.25) is 0 Å². The Hall–Kier alpha value is -0.400. The van der Waals surface area contributed by atoms with Gasteiger partial charge in [0.05, 0.1) is 12.7 Å². The maximum atomic E-state index is 10.1. The van der Waals surface area contributed by atoms with Crippen molar-refractivity contribution in [2.75, 3.05) is 13.7 Å². The van der Waals surface area contributed by atoms with Crippen molar-refractivity contribution in [3.05, 3.63) is 0 Å². The quantitative estimate of drug-likeness (QED) is 0.300. The van der Waals surface area contributed by atoms with Crippen LogP contribution < -0.4 is 0 Å². The van der Waals surface area contributed by atoms with Crippen LogP contribution in [0.15, 0.2) is 0 Å². The predicted molar refractivity (Wildman–Crippen MR) is 72.0 cm³/mol. The number of methoxy groups -OCH3 is 1. The fourth-order valence-electron chi connectivity index (χ4n) is 2.69. The van der Waals surface area contributed by atoms with Crippen LogP contribution in [0.5, 0.6) is 0 Å². The molecule has 23 heavy (non-hydrogen) atoms. The predicted octanol–water partition coefficient (Wildman–Crippen LogP) is -3.72. The van der Waals surface area contributed by atoms with Gasteiger partial charge in [0, 0.05) is 7.11 Å². The summed E-state index contributed by atoms with van der Waals surface area (Å²) in [7, 11) is 1.27. The smallest absolute Gasteiger partial charge is 0.187 e. The van der Waals surface area contributed by atoms with Crippen LogP contribution in [-0.2, 0) is 18.9 Å². The zero-order valence-corrected chi connectivity index (χ0v) is 12.8. The second-order valence-corrected chi connectivity index (χ2v) is 5.72. The fraction of sp³-hybridized carbons (Fsp3) is 1.00. The van der Waals surface area contributed by atoms with Crippen LogP contribution in [0.25, 0.3) is 0 Å². The lowest BCUT2D eigenvalue weighted by Crippen LogP contribution is -2.64. The highest BCUT2D eigenvalue weighted by Gasteiger charge is 2.50. The molecule has 0 aromatic heterocycles. The molecule has 0 saturated carbocycles. The van der Waals surface area contributed by atoms with Crippen molar-refractivity contribution in [1.82, 2.24) is 0 Å². The van der Waals surface area contributed by atoms with E-state index in [1.54, 1.807) is 0 Å². The van der Waals surface area contributed by atoms with E-state index in [-0.39, 0.29) is 0 Å². The second kappa shape index (κ2) is 7.66. The lowest BCUT2D eigenvalue weighted by atomic mass is 9.97. The minimum absolute atomic E-state index is 0.542. The van der Waals surface area contributed by atoms with Gasteiger partial charge in [0.1, 0.15) is 42.7 Å². The molecule has 0 aliphatic carbocycles. The molecule has 10 heteroatoms. The molecule has 2 aliphatic rings. The Morgan fingerprint density at radius 1 is 0.826 bits per heavy atom. The summed E-state index contributed by atoms with van der Waals surface area (Å²) in [4.78, 5) is 0. The summed E-state index contributed by atoms with van der Waals surface area (Å²) in [5.41, 5.74) is 0.